The van der Waals surface area contributed by atoms with E-state index in [1.54, 1.807) is 12.3 Å². The molecule has 2 N–H and O–H groups in total. The van der Waals surface area contributed by atoms with Gasteiger partial charge in [-0.15, -0.1) is 0 Å². The zero-order chi connectivity index (χ0) is 28.4. The first kappa shape index (κ1) is 28.2. The van der Waals surface area contributed by atoms with Crippen LogP contribution in [-0.2, 0) is 14.3 Å². The van der Waals surface area contributed by atoms with E-state index in [-0.39, 0.29) is 24.1 Å². The summed E-state index contributed by atoms with van der Waals surface area (Å²) in [6.45, 7) is 8.08. The minimum absolute atomic E-state index is 0.00245. The van der Waals surface area contributed by atoms with Gasteiger partial charge in [-0.25, -0.2) is 15.0 Å². The first-order chi connectivity index (χ1) is 19.3. The average Bonchev–Trinajstić information content (AvgIpc) is 3.38. The molecule has 2 fully saturated rings. The van der Waals surface area contributed by atoms with E-state index in [0.29, 0.717) is 83.0 Å². The Labute approximate surface area is 241 Å². The molecule has 40 heavy (non-hydrogen) atoms. The fraction of sp³-hybridized carbons (Fsp3) is 0.407. The number of nitrogens with one attached hydrogen (secondary N) is 2. The van der Waals surface area contributed by atoms with Gasteiger partial charge in [0.05, 0.1) is 68.0 Å². The Bertz CT molecular complexity index is 1410. The van der Waals surface area contributed by atoms with Gasteiger partial charge in [0.1, 0.15) is 17.0 Å². The number of carbonyl (C=O) groups is 1. The number of benzene rings is 1. The molecular weight excluding hydrogens is 559 g/mol. The molecule has 2 aliphatic rings. The van der Waals surface area contributed by atoms with Crippen LogP contribution in [0.5, 0.6) is 11.5 Å². The van der Waals surface area contributed by atoms with Gasteiger partial charge >= 0.3 is 0 Å². The van der Waals surface area contributed by atoms with Gasteiger partial charge in [-0.1, -0.05) is 29.8 Å². The van der Waals surface area contributed by atoms with E-state index in [2.05, 4.69) is 27.1 Å². The second-order valence-corrected chi connectivity index (χ2v) is 10.2. The van der Waals surface area contributed by atoms with Crippen LogP contribution in [-0.4, -0.2) is 86.2 Å². The summed E-state index contributed by atoms with van der Waals surface area (Å²) >= 11 is 13.5. The molecule has 0 spiro atoms. The van der Waals surface area contributed by atoms with Gasteiger partial charge in [0.25, 0.3) is 0 Å². The molecule has 11 nitrogen and oxygen atoms in total. The number of carbonyl (C=O) groups excluding carboxylic acids is 1. The minimum atomic E-state index is -0.270. The summed E-state index contributed by atoms with van der Waals surface area (Å²) in [6.07, 6.45) is 2.95. The first-order valence-corrected chi connectivity index (χ1v) is 13.5. The monoisotopic (exact) mass is 588 g/mol. The Morgan fingerprint density at radius 2 is 1.88 bits per heavy atom. The van der Waals surface area contributed by atoms with Gasteiger partial charge in [0.15, 0.2) is 5.82 Å². The number of pyridine rings is 1. The van der Waals surface area contributed by atoms with Crippen molar-refractivity contribution in [2.75, 3.05) is 57.3 Å². The summed E-state index contributed by atoms with van der Waals surface area (Å²) in [5.74, 6) is 1.58. The highest BCUT2D eigenvalue weighted by Gasteiger charge is 2.30. The molecule has 5 rings (SSSR count). The largest absolute Gasteiger partial charge is 0.495 e. The maximum Gasteiger partial charge on any atom is 0.243 e. The number of methoxy groups -OCH3 is 2. The number of fused-ring (bicyclic) bond motifs is 1. The van der Waals surface area contributed by atoms with Gasteiger partial charge < -0.3 is 34.5 Å². The van der Waals surface area contributed by atoms with E-state index in [4.69, 9.17) is 52.1 Å². The second-order valence-electron chi connectivity index (χ2n) is 9.48. The van der Waals surface area contributed by atoms with Crippen LogP contribution in [0.25, 0.3) is 22.2 Å². The first-order valence-electron chi connectivity index (χ1n) is 12.7. The third kappa shape index (κ3) is 5.60. The highest BCUT2D eigenvalue weighted by atomic mass is 35.5. The second kappa shape index (κ2) is 12.0. The number of hydrogen-bond donors (Lipinski definition) is 2. The number of anilines is 2. The smallest absolute Gasteiger partial charge is 0.243 e. The third-order valence-corrected chi connectivity index (χ3v) is 7.58. The SMILES string of the molecule is C=CC(=O)N[C@H]1COC[C@H]1Nc1ncc2cc(-c3c(Cl)c(OC)cc(OC)c3Cl)nc(N3CCOC(C)C3)c2n1. The van der Waals surface area contributed by atoms with E-state index in [1.807, 2.05) is 13.0 Å². The third-order valence-electron chi connectivity index (χ3n) is 6.83. The van der Waals surface area contributed by atoms with Crippen LogP contribution >= 0.6 is 23.2 Å². The van der Waals surface area contributed by atoms with Crippen molar-refractivity contribution in [2.45, 2.75) is 25.1 Å². The highest BCUT2D eigenvalue weighted by Crippen LogP contribution is 2.46. The number of morpholine rings is 1. The fourth-order valence-electron chi connectivity index (χ4n) is 4.81. The predicted molar refractivity (Wildman–Crippen MR) is 154 cm³/mol. The number of halogens is 2. The standard InChI is InChI=1S/C27H30Cl2N6O5/c1-5-21(36)31-17-12-39-13-18(17)33-27-30-10-15-8-16(22-23(28)19(37-3)9-20(38-4)24(22)29)32-26(25(15)34-27)35-6-7-40-14(2)11-35/h5,8-10,14,17-18H,1,6-7,11-13H2,2-4H3,(H,31,36)(H,30,33,34)/t14?,17-,18+/m0/s1. The molecule has 4 heterocycles. The molecule has 2 aliphatic heterocycles. The summed E-state index contributed by atoms with van der Waals surface area (Å²) in [5.41, 5.74) is 1.65. The maximum atomic E-state index is 11.9. The molecule has 3 atom stereocenters. The van der Waals surface area contributed by atoms with Crippen LogP contribution in [0.3, 0.4) is 0 Å². The van der Waals surface area contributed by atoms with Crippen molar-refractivity contribution in [2.24, 2.45) is 0 Å². The molecule has 1 amide bonds. The number of nitrogens with zero attached hydrogens (tertiary/aromatic N) is 4. The predicted octanol–water partition coefficient (Wildman–Crippen LogP) is 3.72. The van der Waals surface area contributed by atoms with E-state index >= 15 is 0 Å². The Hall–Kier alpha value is -3.38. The van der Waals surface area contributed by atoms with Crippen LogP contribution in [0.1, 0.15) is 6.92 Å². The van der Waals surface area contributed by atoms with Crippen molar-refractivity contribution in [3.8, 4) is 22.8 Å². The zero-order valence-electron chi connectivity index (χ0n) is 22.4. The lowest BCUT2D eigenvalue weighted by molar-refractivity contribution is -0.117. The molecule has 212 valence electrons. The number of aromatic nitrogens is 3. The molecule has 0 saturated carbocycles. The molecule has 0 bridgehead atoms. The summed E-state index contributed by atoms with van der Waals surface area (Å²) in [7, 11) is 3.05. The van der Waals surface area contributed by atoms with Crippen LogP contribution in [0.4, 0.5) is 11.8 Å². The molecule has 3 aromatic rings. The number of rotatable bonds is 8. The van der Waals surface area contributed by atoms with Crippen LogP contribution < -0.4 is 25.0 Å². The van der Waals surface area contributed by atoms with Crippen molar-refractivity contribution in [1.29, 1.82) is 0 Å². The molecule has 1 aromatic carbocycles. The van der Waals surface area contributed by atoms with Gasteiger partial charge in [0.2, 0.25) is 11.9 Å². The van der Waals surface area contributed by atoms with E-state index in [9.17, 15) is 4.79 Å². The number of ether oxygens (including phenoxy) is 4. The van der Waals surface area contributed by atoms with E-state index < -0.39 is 0 Å². The molecule has 0 aliphatic carbocycles. The van der Waals surface area contributed by atoms with Gasteiger partial charge in [0, 0.05) is 36.3 Å². The lowest BCUT2D eigenvalue weighted by Gasteiger charge is -2.32. The quantitative estimate of drug-likeness (QED) is 0.376. The van der Waals surface area contributed by atoms with Crippen molar-refractivity contribution >= 4 is 51.8 Å². The number of hydrogen-bond acceptors (Lipinski definition) is 10. The minimum Gasteiger partial charge on any atom is -0.495 e. The van der Waals surface area contributed by atoms with Crippen LogP contribution in [0, 0.1) is 0 Å². The Morgan fingerprint density at radius 3 is 2.55 bits per heavy atom. The molecule has 1 unspecified atom stereocenters. The maximum absolute atomic E-state index is 11.9. The molecular formula is C27H30Cl2N6O5. The van der Waals surface area contributed by atoms with Crippen molar-refractivity contribution in [1.82, 2.24) is 20.3 Å². The van der Waals surface area contributed by atoms with Crippen molar-refractivity contribution in [3.05, 3.63) is 41.0 Å². The van der Waals surface area contributed by atoms with E-state index in [0.717, 1.165) is 5.39 Å². The lowest BCUT2D eigenvalue weighted by Crippen LogP contribution is -2.45. The fourth-order valence-corrected chi connectivity index (χ4v) is 5.50. The van der Waals surface area contributed by atoms with Gasteiger partial charge in [-0.2, -0.15) is 0 Å². The van der Waals surface area contributed by atoms with Crippen molar-refractivity contribution < 1.29 is 23.7 Å². The van der Waals surface area contributed by atoms with Gasteiger partial charge in [-0.05, 0) is 19.1 Å². The molecule has 2 aromatic heterocycles. The number of amides is 1. The topological polar surface area (TPSA) is 120 Å². The normalized spacial score (nSPS) is 20.8. The zero-order valence-corrected chi connectivity index (χ0v) is 23.9. The Balaban J connectivity index is 1.60. The molecule has 2 saturated heterocycles. The molecule has 0 radical (unpaired) electrons. The summed E-state index contributed by atoms with van der Waals surface area (Å²) in [5, 5.41) is 7.55. The van der Waals surface area contributed by atoms with E-state index in [1.165, 1.54) is 20.3 Å². The summed E-state index contributed by atoms with van der Waals surface area (Å²) in [6, 6.07) is 3.00. The van der Waals surface area contributed by atoms with Crippen LogP contribution in [0.2, 0.25) is 10.0 Å². The summed E-state index contributed by atoms with van der Waals surface area (Å²) < 4.78 is 22.3. The highest BCUT2D eigenvalue weighted by molar-refractivity contribution is 6.41. The molecule has 13 heteroatoms. The van der Waals surface area contributed by atoms with Gasteiger partial charge in [-0.3, -0.25) is 4.79 Å². The lowest BCUT2D eigenvalue weighted by atomic mass is 10.1. The Morgan fingerprint density at radius 1 is 1.15 bits per heavy atom. The summed E-state index contributed by atoms with van der Waals surface area (Å²) in [4.78, 5) is 28.4. The Kier molecular flexibility index (Phi) is 8.46. The van der Waals surface area contributed by atoms with Crippen LogP contribution in [0.15, 0.2) is 31.0 Å². The average molecular weight is 589 g/mol. The van der Waals surface area contributed by atoms with Crippen molar-refractivity contribution in [3.63, 3.8) is 0 Å².